The molecule has 0 unspecified atom stereocenters. The van der Waals surface area contributed by atoms with Gasteiger partial charge in [0, 0.05) is 47.3 Å². The van der Waals surface area contributed by atoms with Gasteiger partial charge in [0.2, 0.25) is 17.7 Å². The number of carbonyl (C=O) groups is 1. The first-order chi connectivity index (χ1) is 22.8. The molecule has 3 heterocycles. The molecular weight excluding hydrogens is 639 g/mol. The molecule has 2 aromatic heterocycles. The van der Waals surface area contributed by atoms with Crippen LogP contribution in [0.5, 0.6) is 11.8 Å². The summed E-state index contributed by atoms with van der Waals surface area (Å²) in [5.74, 6) is 0.986. The highest BCUT2D eigenvalue weighted by molar-refractivity contribution is 6.39. The zero-order chi connectivity index (χ0) is 32.9. The predicted octanol–water partition coefficient (Wildman–Crippen LogP) is 6.20. The summed E-state index contributed by atoms with van der Waals surface area (Å²) in [6.07, 6.45) is 9.53. The normalized spacial score (nSPS) is 19.2. The molecule has 4 aromatic rings. The Labute approximate surface area is 284 Å². The minimum Gasteiger partial charge on any atom is -0.480 e. The molecule has 1 saturated carbocycles. The van der Waals surface area contributed by atoms with Gasteiger partial charge in [-0.15, -0.1) is 0 Å². The van der Waals surface area contributed by atoms with Gasteiger partial charge < -0.3 is 25.2 Å². The van der Waals surface area contributed by atoms with E-state index in [9.17, 15) is 9.90 Å². The van der Waals surface area contributed by atoms with Crippen molar-refractivity contribution in [2.45, 2.75) is 76.1 Å². The van der Waals surface area contributed by atoms with Gasteiger partial charge in [-0.2, -0.15) is 0 Å². The minimum atomic E-state index is -0.253. The quantitative estimate of drug-likeness (QED) is 0.161. The van der Waals surface area contributed by atoms with Crippen LogP contribution < -0.4 is 20.1 Å². The standard InChI is InChI=1S/C35H38Cl2N6O4/c1-46-34-27(11-3-6-20-13-15-31(45)41-20)39-17-28(42-34)25-9-4-7-23(32(25)36)24-8-5-10-26(33(24)37)29-18-40-30(35(43-29)47-2)19-38-21-12-14-22(44)16-21/h4-5,7-10,17-18,20-22,38,44H,3,6,11-16,19H2,1-2H3,(H,41,45)/t20-,21+,22-/m1/s1. The van der Waals surface area contributed by atoms with E-state index in [2.05, 4.69) is 20.6 Å². The van der Waals surface area contributed by atoms with Crippen molar-refractivity contribution >= 4 is 29.1 Å². The Morgan fingerprint density at radius 3 is 2.02 bits per heavy atom. The van der Waals surface area contributed by atoms with E-state index in [1.165, 1.54) is 0 Å². The molecule has 246 valence electrons. The van der Waals surface area contributed by atoms with Gasteiger partial charge in [0.05, 0.1) is 54.2 Å². The Hall–Kier alpha value is -3.83. The molecule has 0 bridgehead atoms. The second kappa shape index (κ2) is 14.9. The van der Waals surface area contributed by atoms with Crippen LogP contribution >= 0.6 is 23.2 Å². The molecule has 1 aliphatic heterocycles. The second-order valence-electron chi connectivity index (χ2n) is 12.0. The van der Waals surface area contributed by atoms with Gasteiger partial charge in [0.1, 0.15) is 11.4 Å². The van der Waals surface area contributed by atoms with Crippen molar-refractivity contribution in [3.05, 3.63) is 70.2 Å². The number of rotatable bonds is 12. The molecule has 0 radical (unpaired) electrons. The summed E-state index contributed by atoms with van der Waals surface area (Å²) in [7, 11) is 3.15. The van der Waals surface area contributed by atoms with E-state index < -0.39 is 0 Å². The van der Waals surface area contributed by atoms with Crippen molar-refractivity contribution in [1.82, 2.24) is 30.6 Å². The molecule has 1 aliphatic carbocycles. The van der Waals surface area contributed by atoms with E-state index in [0.29, 0.717) is 69.4 Å². The maximum absolute atomic E-state index is 11.5. The van der Waals surface area contributed by atoms with Crippen molar-refractivity contribution < 1.29 is 19.4 Å². The van der Waals surface area contributed by atoms with Crippen molar-refractivity contribution in [3.63, 3.8) is 0 Å². The van der Waals surface area contributed by atoms with Crippen molar-refractivity contribution in [2.24, 2.45) is 0 Å². The Bertz CT molecular complexity index is 1760. The van der Waals surface area contributed by atoms with Crippen LogP contribution in [0.25, 0.3) is 33.6 Å². The molecule has 1 amide bonds. The van der Waals surface area contributed by atoms with Gasteiger partial charge in [-0.05, 0) is 44.9 Å². The third kappa shape index (κ3) is 7.51. The first-order valence-electron chi connectivity index (χ1n) is 15.9. The number of hydrogen-bond donors (Lipinski definition) is 3. The Kier molecular flexibility index (Phi) is 10.5. The Balaban J connectivity index is 1.22. The molecule has 3 atom stereocenters. The lowest BCUT2D eigenvalue weighted by atomic mass is 9.98. The number of hydrogen-bond acceptors (Lipinski definition) is 9. The number of halogens is 2. The first-order valence-corrected chi connectivity index (χ1v) is 16.7. The zero-order valence-corrected chi connectivity index (χ0v) is 27.9. The molecule has 6 rings (SSSR count). The molecule has 10 nitrogen and oxygen atoms in total. The minimum absolute atomic E-state index is 0.123. The topological polar surface area (TPSA) is 131 Å². The molecular formula is C35H38Cl2N6O4. The van der Waals surface area contributed by atoms with E-state index in [4.69, 9.17) is 42.6 Å². The number of carbonyl (C=O) groups excluding carboxylic acids is 1. The summed E-state index contributed by atoms with van der Waals surface area (Å²) < 4.78 is 11.2. The molecule has 3 N–H and O–H groups in total. The van der Waals surface area contributed by atoms with Crippen molar-refractivity contribution in [2.75, 3.05) is 14.2 Å². The number of ether oxygens (including phenoxy) is 2. The number of nitrogens with one attached hydrogen (secondary N) is 2. The van der Waals surface area contributed by atoms with Crippen LogP contribution in [0.15, 0.2) is 48.8 Å². The lowest BCUT2D eigenvalue weighted by Gasteiger charge is -2.16. The lowest BCUT2D eigenvalue weighted by Crippen LogP contribution is -2.27. The largest absolute Gasteiger partial charge is 0.480 e. The van der Waals surface area contributed by atoms with E-state index >= 15 is 0 Å². The van der Waals surface area contributed by atoms with Crippen LogP contribution in [-0.4, -0.2) is 63.4 Å². The Morgan fingerprint density at radius 1 is 0.872 bits per heavy atom. The molecule has 1 saturated heterocycles. The Morgan fingerprint density at radius 2 is 1.47 bits per heavy atom. The SMILES string of the molecule is COc1nc(-c2cccc(-c3cccc(-c4cnc(CN[C@H]5CC[C@@H](O)C5)c(OC)n4)c3Cl)c2Cl)cnc1CCC[C@@H]1CCC(=O)N1. The van der Waals surface area contributed by atoms with Gasteiger partial charge in [-0.25, -0.2) is 9.97 Å². The fourth-order valence-corrected chi connectivity index (χ4v) is 6.99. The molecule has 2 fully saturated rings. The lowest BCUT2D eigenvalue weighted by molar-refractivity contribution is -0.119. The van der Waals surface area contributed by atoms with Gasteiger partial charge in [0.15, 0.2) is 0 Å². The maximum Gasteiger partial charge on any atom is 0.237 e. The third-order valence-electron chi connectivity index (χ3n) is 8.86. The molecule has 2 aromatic carbocycles. The first kappa shape index (κ1) is 33.1. The van der Waals surface area contributed by atoms with Gasteiger partial charge in [-0.1, -0.05) is 59.6 Å². The monoisotopic (exact) mass is 676 g/mol. The molecule has 47 heavy (non-hydrogen) atoms. The van der Waals surface area contributed by atoms with E-state index in [1.807, 2.05) is 36.4 Å². The van der Waals surface area contributed by atoms with E-state index in [-0.39, 0.29) is 24.1 Å². The number of aryl methyl sites for hydroxylation is 1. The summed E-state index contributed by atoms with van der Waals surface area (Å²) >= 11 is 14.1. The summed E-state index contributed by atoms with van der Waals surface area (Å²) in [5.41, 5.74) is 5.46. The summed E-state index contributed by atoms with van der Waals surface area (Å²) in [6, 6.07) is 11.9. The average molecular weight is 678 g/mol. The predicted molar refractivity (Wildman–Crippen MR) is 182 cm³/mol. The molecule has 0 spiro atoms. The van der Waals surface area contributed by atoms with Crippen LogP contribution in [0.3, 0.4) is 0 Å². The molecule has 12 heteroatoms. The summed E-state index contributed by atoms with van der Waals surface area (Å²) in [6.45, 7) is 0.485. The number of aromatic nitrogens is 4. The number of methoxy groups -OCH3 is 2. The third-order valence-corrected chi connectivity index (χ3v) is 9.68. The van der Waals surface area contributed by atoms with Crippen molar-refractivity contribution in [3.8, 4) is 45.4 Å². The van der Waals surface area contributed by atoms with Crippen LogP contribution in [0.1, 0.15) is 56.3 Å². The van der Waals surface area contributed by atoms with E-state index in [1.54, 1.807) is 26.6 Å². The van der Waals surface area contributed by atoms with Gasteiger partial charge in [-0.3, -0.25) is 14.8 Å². The fourth-order valence-electron chi connectivity index (χ4n) is 6.34. The van der Waals surface area contributed by atoms with Crippen LogP contribution in [0.4, 0.5) is 0 Å². The number of benzene rings is 2. The second-order valence-corrected chi connectivity index (χ2v) is 12.8. The van der Waals surface area contributed by atoms with Crippen LogP contribution in [0.2, 0.25) is 10.0 Å². The summed E-state index contributed by atoms with van der Waals surface area (Å²) in [5, 5.41) is 17.3. The highest BCUT2D eigenvalue weighted by atomic mass is 35.5. The van der Waals surface area contributed by atoms with Crippen molar-refractivity contribution in [1.29, 1.82) is 0 Å². The number of aliphatic hydroxyl groups is 1. The van der Waals surface area contributed by atoms with Gasteiger partial charge in [0.25, 0.3) is 0 Å². The number of amides is 1. The fraction of sp³-hybridized carbons (Fsp3) is 0.400. The highest BCUT2D eigenvalue weighted by Crippen LogP contribution is 2.42. The zero-order valence-electron chi connectivity index (χ0n) is 26.4. The highest BCUT2D eigenvalue weighted by Gasteiger charge is 2.24. The number of nitrogens with zero attached hydrogens (tertiary/aromatic N) is 4. The number of aliphatic hydroxyl groups excluding tert-OH is 1. The van der Waals surface area contributed by atoms with Crippen LogP contribution in [-0.2, 0) is 17.8 Å². The smallest absolute Gasteiger partial charge is 0.237 e. The van der Waals surface area contributed by atoms with Crippen LogP contribution in [0, 0.1) is 0 Å². The average Bonchev–Trinajstić information content (AvgIpc) is 3.71. The summed E-state index contributed by atoms with van der Waals surface area (Å²) in [4.78, 5) is 30.3. The maximum atomic E-state index is 11.5. The molecule has 2 aliphatic rings. The van der Waals surface area contributed by atoms with E-state index in [0.717, 1.165) is 55.3 Å². The van der Waals surface area contributed by atoms with Gasteiger partial charge >= 0.3 is 0 Å².